The van der Waals surface area contributed by atoms with Crippen LogP contribution in [0.5, 0.6) is 0 Å². The molecule has 0 aromatic heterocycles. The zero-order chi connectivity index (χ0) is 12.0. The first kappa shape index (κ1) is 13.4. The smallest absolute Gasteiger partial charge is 0.246 e. The van der Waals surface area contributed by atoms with Gasteiger partial charge in [-0.1, -0.05) is 25.6 Å². The number of hydrogen-bond acceptors (Lipinski definition) is 3. The molecule has 0 heterocycles. The Bertz CT molecular complexity index is 258. The van der Waals surface area contributed by atoms with E-state index in [2.05, 4.69) is 5.32 Å². The monoisotopic (exact) mass is 244 g/mol. The number of nitrogens with two attached hydrogens (primary N) is 1. The molecule has 92 valence electrons. The average Bonchev–Trinajstić information content (AvgIpc) is 2.66. The average molecular weight is 244 g/mol. The summed E-state index contributed by atoms with van der Waals surface area (Å²) in [5.41, 5.74) is 5.63. The van der Waals surface area contributed by atoms with Gasteiger partial charge in [-0.05, 0) is 19.3 Å². The first-order valence-electron chi connectivity index (χ1n) is 5.81. The van der Waals surface area contributed by atoms with E-state index in [0.717, 1.165) is 25.7 Å². The van der Waals surface area contributed by atoms with Gasteiger partial charge in [0.05, 0.1) is 4.99 Å². The van der Waals surface area contributed by atoms with Gasteiger partial charge in [0.15, 0.2) is 0 Å². The molecule has 3 N–H and O–H groups in total. The number of amides is 1. The van der Waals surface area contributed by atoms with E-state index in [4.69, 9.17) is 22.7 Å². The number of ether oxygens (including phenoxy) is 1. The van der Waals surface area contributed by atoms with E-state index in [1.165, 1.54) is 0 Å². The molecule has 0 spiro atoms. The van der Waals surface area contributed by atoms with Gasteiger partial charge in [0.1, 0.15) is 6.61 Å². The van der Waals surface area contributed by atoms with Crippen LogP contribution in [0.1, 0.15) is 32.6 Å². The van der Waals surface area contributed by atoms with Gasteiger partial charge in [0, 0.05) is 18.6 Å². The number of nitrogens with one attached hydrogen (secondary N) is 1. The lowest BCUT2D eigenvalue weighted by molar-refractivity contribution is -0.126. The third kappa shape index (κ3) is 4.06. The zero-order valence-corrected chi connectivity index (χ0v) is 10.5. The number of hydrogen-bond donors (Lipinski definition) is 2. The Labute approximate surface area is 102 Å². The standard InChI is InChI=1S/C11H20N2O2S/c1-2-6-15-7-10(14)13-9-5-3-4-8(9)11(12)16/h8-9H,2-7H2,1H3,(H2,12,16)(H,13,14). The topological polar surface area (TPSA) is 64.3 Å². The molecule has 1 rings (SSSR count). The Kier molecular flexibility index (Phi) is 5.69. The van der Waals surface area contributed by atoms with Crippen molar-refractivity contribution in [2.24, 2.45) is 11.7 Å². The summed E-state index contributed by atoms with van der Waals surface area (Å²) in [5.74, 6) is 0.0896. The molecule has 2 atom stereocenters. The first-order valence-corrected chi connectivity index (χ1v) is 6.22. The molecule has 1 aliphatic carbocycles. The van der Waals surface area contributed by atoms with Crippen molar-refractivity contribution in [2.75, 3.05) is 13.2 Å². The molecule has 2 unspecified atom stereocenters. The first-order chi connectivity index (χ1) is 7.65. The normalized spacial score (nSPS) is 24.3. The summed E-state index contributed by atoms with van der Waals surface area (Å²) in [4.78, 5) is 12.0. The van der Waals surface area contributed by atoms with Gasteiger partial charge in [-0.3, -0.25) is 4.79 Å². The minimum atomic E-state index is -0.0680. The van der Waals surface area contributed by atoms with Crippen LogP contribution in [-0.2, 0) is 9.53 Å². The van der Waals surface area contributed by atoms with Gasteiger partial charge < -0.3 is 15.8 Å². The Hall–Kier alpha value is -0.680. The molecule has 0 aromatic carbocycles. The van der Waals surface area contributed by atoms with Crippen LogP contribution in [0.2, 0.25) is 0 Å². The fourth-order valence-corrected chi connectivity index (χ4v) is 2.31. The molecule has 0 aliphatic heterocycles. The summed E-state index contributed by atoms with van der Waals surface area (Å²) in [6, 6.07) is 0.107. The zero-order valence-electron chi connectivity index (χ0n) is 9.70. The number of carbonyl (C=O) groups is 1. The Morgan fingerprint density at radius 3 is 2.94 bits per heavy atom. The van der Waals surface area contributed by atoms with Gasteiger partial charge >= 0.3 is 0 Å². The van der Waals surface area contributed by atoms with Gasteiger partial charge in [-0.2, -0.15) is 0 Å². The highest BCUT2D eigenvalue weighted by Gasteiger charge is 2.30. The second-order valence-corrected chi connectivity index (χ2v) is 4.64. The lowest BCUT2D eigenvalue weighted by Gasteiger charge is -2.19. The fraction of sp³-hybridized carbons (Fsp3) is 0.818. The lowest BCUT2D eigenvalue weighted by atomic mass is 10.0. The Morgan fingerprint density at radius 2 is 2.31 bits per heavy atom. The molecule has 1 fully saturated rings. The second-order valence-electron chi connectivity index (χ2n) is 4.17. The molecule has 4 nitrogen and oxygen atoms in total. The second kappa shape index (κ2) is 6.81. The number of thiocarbonyl (C=S) groups is 1. The fourth-order valence-electron chi connectivity index (χ4n) is 2.03. The highest BCUT2D eigenvalue weighted by atomic mass is 32.1. The van der Waals surface area contributed by atoms with Crippen molar-refractivity contribution in [2.45, 2.75) is 38.6 Å². The van der Waals surface area contributed by atoms with Crippen LogP contribution >= 0.6 is 12.2 Å². The van der Waals surface area contributed by atoms with E-state index in [-0.39, 0.29) is 24.5 Å². The quantitative estimate of drug-likeness (QED) is 0.540. The van der Waals surface area contributed by atoms with Crippen molar-refractivity contribution < 1.29 is 9.53 Å². The maximum Gasteiger partial charge on any atom is 0.246 e. The van der Waals surface area contributed by atoms with E-state index >= 15 is 0 Å². The molecule has 5 heteroatoms. The van der Waals surface area contributed by atoms with Gasteiger partial charge in [-0.25, -0.2) is 0 Å². The summed E-state index contributed by atoms with van der Waals surface area (Å²) in [5, 5.41) is 2.94. The Balaban J connectivity index is 2.30. The van der Waals surface area contributed by atoms with Crippen LogP contribution in [0.3, 0.4) is 0 Å². The molecule has 0 bridgehead atoms. The predicted molar refractivity (Wildman–Crippen MR) is 67.2 cm³/mol. The van der Waals surface area contributed by atoms with Crippen LogP contribution in [-0.4, -0.2) is 30.2 Å². The van der Waals surface area contributed by atoms with Crippen molar-refractivity contribution in [1.29, 1.82) is 0 Å². The van der Waals surface area contributed by atoms with Crippen LogP contribution in [0, 0.1) is 5.92 Å². The number of carbonyl (C=O) groups excluding carboxylic acids is 1. The highest BCUT2D eigenvalue weighted by Crippen LogP contribution is 2.25. The van der Waals surface area contributed by atoms with Crippen LogP contribution in [0.4, 0.5) is 0 Å². The minimum absolute atomic E-state index is 0.0680. The van der Waals surface area contributed by atoms with Crippen molar-refractivity contribution >= 4 is 23.1 Å². The third-order valence-corrected chi connectivity index (χ3v) is 3.11. The summed E-state index contributed by atoms with van der Waals surface area (Å²) >= 11 is 4.99. The van der Waals surface area contributed by atoms with Crippen molar-refractivity contribution in [1.82, 2.24) is 5.32 Å². The predicted octanol–water partition coefficient (Wildman–Crippen LogP) is 0.984. The molecule has 0 radical (unpaired) electrons. The maximum atomic E-state index is 11.5. The summed E-state index contributed by atoms with van der Waals surface area (Å²) < 4.78 is 5.17. The van der Waals surface area contributed by atoms with E-state index in [0.29, 0.717) is 11.6 Å². The summed E-state index contributed by atoms with van der Waals surface area (Å²) in [6.45, 7) is 2.77. The maximum absolute atomic E-state index is 11.5. The lowest BCUT2D eigenvalue weighted by Crippen LogP contribution is -2.43. The number of rotatable bonds is 6. The van der Waals surface area contributed by atoms with Gasteiger partial charge in [0.25, 0.3) is 0 Å². The highest BCUT2D eigenvalue weighted by molar-refractivity contribution is 7.80. The molecule has 0 aromatic rings. The van der Waals surface area contributed by atoms with Crippen molar-refractivity contribution in [3.05, 3.63) is 0 Å². The molecule has 16 heavy (non-hydrogen) atoms. The van der Waals surface area contributed by atoms with E-state index in [1.807, 2.05) is 6.92 Å². The van der Waals surface area contributed by atoms with Crippen LogP contribution in [0.25, 0.3) is 0 Å². The Morgan fingerprint density at radius 1 is 1.56 bits per heavy atom. The third-order valence-electron chi connectivity index (χ3n) is 2.81. The van der Waals surface area contributed by atoms with E-state index in [9.17, 15) is 4.79 Å². The molecular formula is C11H20N2O2S. The molecule has 1 aliphatic rings. The SMILES string of the molecule is CCCOCC(=O)NC1CCCC1C(N)=S. The minimum Gasteiger partial charge on any atom is -0.393 e. The largest absolute Gasteiger partial charge is 0.393 e. The summed E-state index contributed by atoms with van der Waals surface area (Å²) in [6.07, 6.45) is 3.94. The van der Waals surface area contributed by atoms with Gasteiger partial charge in [-0.15, -0.1) is 0 Å². The molecule has 0 saturated heterocycles. The molecule has 1 amide bonds. The summed E-state index contributed by atoms with van der Waals surface area (Å²) in [7, 11) is 0. The molecular weight excluding hydrogens is 224 g/mol. The van der Waals surface area contributed by atoms with Crippen LogP contribution < -0.4 is 11.1 Å². The van der Waals surface area contributed by atoms with E-state index in [1.54, 1.807) is 0 Å². The van der Waals surface area contributed by atoms with E-state index < -0.39 is 0 Å². The van der Waals surface area contributed by atoms with Gasteiger partial charge in [0.2, 0.25) is 5.91 Å². The molecule has 1 saturated carbocycles. The van der Waals surface area contributed by atoms with Crippen molar-refractivity contribution in [3.8, 4) is 0 Å². The van der Waals surface area contributed by atoms with Crippen LogP contribution in [0.15, 0.2) is 0 Å². The van der Waals surface area contributed by atoms with Crippen molar-refractivity contribution in [3.63, 3.8) is 0 Å².